The van der Waals surface area contributed by atoms with Crippen LogP contribution in [0, 0.1) is 6.92 Å². The Kier molecular flexibility index (Phi) is 11.1. The number of hydrazone groups is 1. The van der Waals surface area contributed by atoms with Gasteiger partial charge in [-0.1, -0.05) is 67.4 Å². The third-order valence-electron chi connectivity index (χ3n) is 5.70. The summed E-state index contributed by atoms with van der Waals surface area (Å²) < 4.78 is 11.3. The molecule has 0 unspecified atom stereocenters. The van der Waals surface area contributed by atoms with Gasteiger partial charge in [0.25, 0.3) is 5.91 Å². The van der Waals surface area contributed by atoms with E-state index in [9.17, 15) is 14.4 Å². The summed E-state index contributed by atoms with van der Waals surface area (Å²) in [6.07, 6.45) is 1.32. The van der Waals surface area contributed by atoms with Gasteiger partial charge in [-0.25, -0.2) is 5.43 Å². The number of nitrogens with zero attached hydrogens (tertiary/aromatic N) is 1. The molecule has 3 amide bonds. The molecule has 0 aliphatic carbocycles. The van der Waals surface area contributed by atoms with Crippen molar-refractivity contribution in [2.75, 3.05) is 18.5 Å². The van der Waals surface area contributed by atoms with Crippen LogP contribution in [0.1, 0.15) is 48.9 Å². The number of benzene rings is 3. The van der Waals surface area contributed by atoms with E-state index in [4.69, 9.17) is 21.1 Å². The molecule has 3 rings (SSSR count). The van der Waals surface area contributed by atoms with Gasteiger partial charge >= 0.3 is 11.8 Å². The predicted octanol–water partition coefficient (Wildman–Crippen LogP) is 4.95. The molecule has 0 aromatic heterocycles. The molecule has 3 N–H and O–H groups in total. The highest BCUT2D eigenvalue weighted by Crippen LogP contribution is 2.36. The first kappa shape index (κ1) is 30.2. The number of carbonyl (C=O) groups is 3. The van der Waals surface area contributed by atoms with Crippen molar-refractivity contribution >= 4 is 41.2 Å². The van der Waals surface area contributed by atoms with Crippen molar-refractivity contribution in [1.82, 2.24) is 10.7 Å². The summed E-state index contributed by atoms with van der Waals surface area (Å²) in [5.41, 5.74) is 6.48. The van der Waals surface area contributed by atoms with E-state index in [1.54, 1.807) is 25.1 Å². The average Bonchev–Trinajstić information content (AvgIpc) is 2.92. The second-order valence-corrected chi connectivity index (χ2v) is 9.65. The van der Waals surface area contributed by atoms with Gasteiger partial charge in [-0.15, -0.1) is 0 Å². The molecule has 0 fully saturated rings. The summed E-state index contributed by atoms with van der Waals surface area (Å²) in [7, 11) is 0. The number of ether oxygens (including phenoxy) is 2. The Bertz CT molecular complexity index is 1360. The lowest BCUT2D eigenvalue weighted by atomic mass is 10.0. The standard InChI is InChI=1S/C30H33ClN4O5/c1-5-39-26-15-22(14-25(31)28(26)40-18-27(36)34-24-12-6-20(4)7-13-24)17-33-35-30(38)29(37)32-16-21-8-10-23(11-9-21)19(2)3/h6-15,17,19H,5,16,18H2,1-4H3,(H,32,37)(H,34,36)(H,35,38)/b33-17-. The van der Waals surface area contributed by atoms with Gasteiger partial charge < -0.3 is 20.1 Å². The van der Waals surface area contributed by atoms with E-state index < -0.39 is 11.8 Å². The minimum atomic E-state index is -0.911. The highest BCUT2D eigenvalue weighted by molar-refractivity contribution is 6.35. The maximum atomic E-state index is 12.3. The Morgan fingerprint density at radius 3 is 2.33 bits per heavy atom. The molecular formula is C30H33ClN4O5. The molecule has 210 valence electrons. The van der Waals surface area contributed by atoms with Crippen LogP contribution in [0.25, 0.3) is 0 Å². The number of amides is 3. The molecule has 3 aromatic carbocycles. The van der Waals surface area contributed by atoms with Crippen LogP contribution in [-0.4, -0.2) is 37.1 Å². The van der Waals surface area contributed by atoms with Crippen molar-refractivity contribution in [3.05, 3.63) is 87.9 Å². The van der Waals surface area contributed by atoms with Gasteiger partial charge in [-0.3, -0.25) is 14.4 Å². The summed E-state index contributed by atoms with van der Waals surface area (Å²) in [6, 6.07) is 18.3. The van der Waals surface area contributed by atoms with Gasteiger partial charge in [0.15, 0.2) is 18.1 Å². The van der Waals surface area contributed by atoms with E-state index in [0.29, 0.717) is 29.5 Å². The second-order valence-electron chi connectivity index (χ2n) is 9.24. The molecule has 10 heteroatoms. The first-order chi connectivity index (χ1) is 19.2. The Morgan fingerprint density at radius 1 is 0.975 bits per heavy atom. The summed E-state index contributed by atoms with van der Waals surface area (Å²) in [5, 5.41) is 9.34. The molecule has 0 saturated carbocycles. The van der Waals surface area contributed by atoms with E-state index in [0.717, 1.165) is 11.1 Å². The first-order valence-corrected chi connectivity index (χ1v) is 13.2. The third kappa shape index (κ3) is 9.13. The van der Waals surface area contributed by atoms with Crippen molar-refractivity contribution in [3.8, 4) is 11.5 Å². The van der Waals surface area contributed by atoms with Gasteiger partial charge in [0, 0.05) is 12.2 Å². The molecule has 0 radical (unpaired) electrons. The van der Waals surface area contributed by atoms with Crippen LogP contribution in [0.3, 0.4) is 0 Å². The highest BCUT2D eigenvalue weighted by atomic mass is 35.5. The molecule has 0 spiro atoms. The van der Waals surface area contributed by atoms with Gasteiger partial charge in [-0.05, 0) is 60.7 Å². The number of aryl methyl sites for hydroxylation is 1. The minimum Gasteiger partial charge on any atom is -0.490 e. The van der Waals surface area contributed by atoms with E-state index in [1.807, 2.05) is 43.3 Å². The van der Waals surface area contributed by atoms with Crippen LogP contribution >= 0.6 is 11.6 Å². The van der Waals surface area contributed by atoms with E-state index in [1.165, 1.54) is 17.8 Å². The lowest BCUT2D eigenvalue weighted by Crippen LogP contribution is -2.37. The molecule has 9 nitrogen and oxygen atoms in total. The number of anilines is 1. The maximum absolute atomic E-state index is 12.3. The zero-order chi connectivity index (χ0) is 29.1. The second kappa shape index (κ2) is 14.7. The fourth-order valence-electron chi connectivity index (χ4n) is 3.54. The molecular weight excluding hydrogens is 532 g/mol. The number of rotatable bonds is 11. The lowest BCUT2D eigenvalue weighted by molar-refractivity contribution is -0.139. The maximum Gasteiger partial charge on any atom is 0.329 e. The fraction of sp³-hybridized carbons (Fsp3) is 0.267. The van der Waals surface area contributed by atoms with Crippen molar-refractivity contribution in [1.29, 1.82) is 0 Å². The quantitative estimate of drug-likeness (QED) is 0.173. The SMILES string of the molecule is CCOc1cc(/C=N\NC(=O)C(=O)NCc2ccc(C(C)C)cc2)cc(Cl)c1OCC(=O)Nc1ccc(C)cc1. The predicted molar refractivity (Wildman–Crippen MR) is 156 cm³/mol. The zero-order valence-electron chi connectivity index (χ0n) is 22.9. The lowest BCUT2D eigenvalue weighted by Gasteiger charge is -2.14. The van der Waals surface area contributed by atoms with Crippen LogP contribution in [0.15, 0.2) is 65.8 Å². The normalized spacial score (nSPS) is 10.8. The molecule has 0 heterocycles. The van der Waals surface area contributed by atoms with Crippen LogP contribution < -0.4 is 25.5 Å². The summed E-state index contributed by atoms with van der Waals surface area (Å²) in [6.45, 7) is 8.20. The highest BCUT2D eigenvalue weighted by Gasteiger charge is 2.15. The van der Waals surface area contributed by atoms with Crippen molar-refractivity contribution < 1.29 is 23.9 Å². The number of nitrogens with one attached hydrogen (secondary N) is 3. The smallest absolute Gasteiger partial charge is 0.329 e. The summed E-state index contributed by atoms with van der Waals surface area (Å²) in [4.78, 5) is 36.6. The number of halogens is 1. The van der Waals surface area contributed by atoms with Crippen molar-refractivity contribution in [3.63, 3.8) is 0 Å². The summed E-state index contributed by atoms with van der Waals surface area (Å²) >= 11 is 6.40. The molecule has 0 atom stereocenters. The molecule has 0 aliphatic rings. The third-order valence-corrected chi connectivity index (χ3v) is 5.98. The molecule has 0 aliphatic heterocycles. The largest absolute Gasteiger partial charge is 0.490 e. The Hall–Kier alpha value is -4.37. The number of hydrogen-bond acceptors (Lipinski definition) is 6. The number of hydrogen-bond donors (Lipinski definition) is 3. The van der Waals surface area contributed by atoms with Gasteiger partial charge in [-0.2, -0.15) is 5.10 Å². The van der Waals surface area contributed by atoms with E-state index >= 15 is 0 Å². The minimum absolute atomic E-state index is 0.183. The monoisotopic (exact) mass is 564 g/mol. The van der Waals surface area contributed by atoms with Crippen LogP contribution in [-0.2, 0) is 20.9 Å². The van der Waals surface area contributed by atoms with Crippen LogP contribution in [0.2, 0.25) is 5.02 Å². The topological polar surface area (TPSA) is 118 Å². The Balaban J connectivity index is 1.55. The molecule has 40 heavy (non-hydrogen) atoms. The van der Waals surface area contributed by atoms with Gasteiger partial charge in [0.1, 0.15) is 0 Å². The van der Waals surface area contributed by atoms with Crippen LogP contribution in [0.5, 0.6) is 11.5 Å². The average molecular weight is 565 g/mol. The Labute approximate surface area is 238 Å². The Morgan fingerprint density at radius 2 is 1.68 bits per heavy atom. The molecule has 0 saturated heterocycles. The van der Waals surface area contributed by atoms with Crippen molar-refractivity contribution in [2.45, 2.75) is 40.2 Å². The van der Waals surface area contributed by atoms with E-state index in [-0.39, 0.29) is 29.8 Å². The number of carbonyl (C=O) groups excluding carboxylic acids is 3. The first-order valence-electron chi connectivity index (χ1n) is 12.8. The molecule has 0 bridgehead atoms. The van der Waals surface area contributed by atoms with Gasteiger partial charge in [0.05, 0.1) is 17.8 Å². The summed E-state index contributed by atoms with van der Waals surface area (Å²) in [5.74, 6) is -1.18. The molecule has 3 aromatic rings. The fourth-order valence-corrected chi connectivity index (χ4v) is 3.81. The van der Waals surface area contributed by atoms with Crippen molar-refractivity contribution in [2.24, 2.45) is 5.10 Å². The van der Waals surface area contributed by atoms with E-state index in [2.05, 4.69) is 35.0 Å². The zero-order valence-corrected chi connectivity index (χ0v) is 23.7. The van der Waals surface area contributed by atoms with Gasteiger partial charge in [0.2, 0.25) is 0 Å². The van der Waals surface area contributed by atoms with Crippen LogP contribution in [0.4, 0.5) is 5.69 Å².